The molecule has 1 heterocycles. The molecule has 0 aromatic rings. The average Bonchev–Trinajstić information content (AvgIpc) is 3.42. The summed E-state index contributed by atoms with van der Waals surface area (Å²) in [7, 11) is 1.65. The van der Waals surface area contributed by atoms with Crippen LogP contribution >= 0.6 is 0 Å². The van der Waals surface area contributed by atoms with E-state index < -0.39 is 65.9 Å². The smallest absolute Gasteiger partial charge is 0.244 e. The van der Waals surface area contributed by atoms with E-state index in [9.17, 15) is 24.0 Å². The zero-order valence-electron chi connectivity index (χ0n) is 32.7. The SMILES string of the molecule is CCCCCC[C@H]1OC[C@@H](C)NC(=O)[C@H](CCOCCCN)NC(=O)[C@H](CN)NC(=O)[C@H](C2CCCCCC2)NC(=O)[C@H](CCC)N(C)C(=O)[C@@H]1C. The Morgan fingerprint density at radius 3 is 2.04 bits per heavy atom. The van der Waals surface area contributed by atoms with Gasteiger partial charge in [-0.15, -0.1) is 0 Å². The maximum absolute atomic E-state index is 14.1. The molecule has 0 bridgehead atoms. The van der Waals surface area contributed by atoms with Crippen molar-refractivity contribution in [2.45, 2.75) is 160 Å². The summed E-state index contributed by atoms with van der Waals surface area (Å²) < 4.78 is 12.0. The van der Waals surface area contributed by atoms with E-state index in [2.05, 4.69) is 28.2 Å². The number of hydrogen-bond donors (Lipinski definition) is 6. The number of nitrogens with zero attached hydrogens (tertiary/aromatic N) is 1. The van der Waals surface area contributed by atoms with E-state index >= 15 is 0 Å². The third kappa shape index (κ3) is 15.3. The van der Waals surface area contributed by atoms with Crippen molar-refractivity contribution in [1.29, 1.82) is 0 Å². The number of nitrogens with two attached hydrogens (primary N) is 2. The molecule has 0 unspecified atom stereocenters. The van der Waals surface area contributed by atoms with Crippen LogP contribution in [0.1, 0.15) is 124 Å². The van der Waals surface area contributed by atoms with Crippen LogP contribution in [0.3, 0.4) is 0 Å². The number of carbonyl (C=O) groups is 5. The number of unbranched alkanes of at least 4 members (excludes halogenated alkanes) is 3. The van der Waals surface area contributed by atoms with Crippen LogP contribution in [0.25, 0.3) is 0 Å². The molecule has 14 heteroatoms. The highest BCUT2D eigenvalue weighted by Crippen LogP contribution is 2.27. The monoisotopic (exact) mass is 738 g/mol. The Morgan fingerprint density at radius 2 is 1.40 bits per heavy atom. The molecule has 2 fully saturated rings. The van der Waals surface area contributed by atoms with Crippen LogP contribution in [0.2, 0.25) is 0 Å². The molecule has 52 heavy (non-hydrogen) atoms. The van der Waals surface area contributed by atoms with E-state index in [-0.39, 0.29) is 38.0 Å². The minimum atomic E-state index is -1.15. The lowest BCUT2D eigenvalue weighted by Gasteiger charge is -2.34. The van der Waals surface area contributed by atoms with Gasteiger partial charge >= 0.3 is 0 Å². The maximum atomic E-state index is 14.1. The number of rotatable bonds is 15. The molecule has 7 atom stereocenters. The molecule has 2 aliphatic rings. The van der Waals surface area contributed by atoms with Gasteiger partial charge in [-0.1, -0.05) is 78.6 Å². The molecule has 1 aliphatic heterocycles. The van der Waals surface area contributed by atoms with Crippen molar-refractivity contribution in [3.05, 3.63) is 0 Å². The zero-order valence-corrected chi connectivity index (χ0v) is 32.7. The number of ether oxygens (including phenoxy) is 2. The van der Waals surface area contributed by atoms with Gasteiger partial charge < -0.3 is 47.1 Å². The Hall–Kier alpha value is -2.81. The second-order valence-corrected chi connectivity index (χ2v) is 14.8. The zero-order chi connectivity index (χ0) is 38.5. The summed E-state index contributed by atoms with van der Waals surface area (Å²) in [6.07, 6.45) is 11.5. The molecule has 300 valence electrons. The molecule has 1 saturated heterocycles. The molecule has 1 aliphatic carbocycles. The van der Waals surface area contributed by atoms with Gasteiger partial charge in [0.1, 0.15) is 24.2 Å². The molecule has 1 saturated carbocycles. The minimum Gasteiger partial charge on any atom is -0.381 e. The first-order chi connectivity index (χ1) is 25.0. The third-order valence-electron chi connectivity index (χ3n) is 10.4. The second-order valence-electron chi connectivity index (χ2n) is 14.8. The van der Waals surface area contributed by atoms with Crippen LogP contribution in [0, 0.1) is 11.8 Å². The van der Waals surface area contributed by atoms with E-state index in [0.717, 1.165) is 64.2 Å². The van der Waals surface area contributed by atoms with Crippen molar-refractivity contribution >= 4 is 29.5 Å². The Kier molecular flexibility index (Phi) is 22.0. The van der Waals surface area contributed by atoms with Crippen molar-refractivity contribution in [1.82, 2.24) is 26.2 Å². The first-order valence-electron chi connectivity index (χ1n) is 20.1. The molecule has 5 amide bonds. The predicted molar refractivity (Wildman–Crippen MR) is 202 cm³/mol. The van der Waals surface area contributed by atoms with Gasteiger partial charge in [-0.05, 0) is 57.9 Å². The standard InChI is InChI=1S/C38H71N7O7/c1-6-8-9-14-19-32-27(4)38(50)45(5)31(16-7-2)36(48)44-33(28-17-12-10-11-13-18-28)37(49)43-30(24-40)35(47)42-29(20-23-51-22-15-21-39)34(46)41-26(3)25-52-32/h26-33H,6-25,39-40H2,1-5H3,(H,41,46)(H,42,47)(H,43,49)(H,44,48)/t26-,27-,29+,30+,31+,32-,33+/m1/s1. The van der Waals surface area contributed by atoms with Gasteiger partial charge in [0, 0.05) is 32.8 Å². The Morgan fingerprint density at radius 1 is 0.731 bits per heavy atom. The summed E-state index contributed by atoms with van der Waals surface area (Å²) in [5, 5.41) is 11.6. The highest BCUT2D eigenvalue weighted by molar-refractivity contribution is 5.96. The lowest BCUT2D eigenvalue weighted by molar-refractivity contribution is -0.147. The van der Waals surface area contributed by atoms with Crippen LogP contribution in [-0.2, 0) is 33.4 Å². The fourth-order valence-corrected chi connectivity index (χ4v) is 7.12. The topological polar surface area (TPSA) is 207 Å². The molecular weight excluding hydrogens is 666 g/mol. The first kappa shape index (κ1) is 45.3. The predicted octanol–water partition coefficient (Wildman–Crippen LogP) is 2.26. The Balaban J connectivity index is 2.52. The average molecular weight is 738 g/mol. The molecule has 2 rings (SSSR count). The number of hydrogen-bond acceptors (Lipinski definition) is 9. The van der Waals surface area contributed by atoms with Crippen LogP contribution in [-0.4, -0.2) is 111 Å². The fraction of sp³-hybridized carbons (Fsp3) is 0.868. The summed E-state index contributed by atoms with van der Waals surface area (Å²) in [5.41, 5.74) is 11.6. The van der Waals surface area contributed by atoms with Gasteiger partial charge in [0.05, 0.1) is 18.6 Å². The van der Waals surface area contributed by atoms with Crippen LogP contribution < -0.4 is 32.7 Å². The molecule has 0 spiro atoms. The molecular formula is C38H71N7O7. The quantitative estimate of drug-likeness (QED) is 0.108. The summed E-state index contributed by atoms with van der Waals surface area (Å²) in [5.74, 6) is -2.89. The van der Waals surface area contributed by atoms with Crippen molar-refractivity contribution < 1.29 is 33.4 Å². The summed E-state index contributed by atoms with van der Waals surface area (Å²) in [6.45, 7) is 8.75. The molecule has 0 radical (unpaired) electrons. The molecule has 0 aromatic heterocycles. The van der Waals surface area contributed by atoms with Gasteiger partial charge in [0.25, 0.3) is 0 Å². The van der Waals surface area contributed by atoms with Gasteiger partial charge in [0.15, 0.2) is 0 Å². The number of amides is 5. The summed E-state index contributed by atoms with van der Waals surface area (Å²) >= 11 is 0. The maximum Gasteiger partial charge on any atom is 0.244 e. The Bertz CT molecular complexity index is 1090. The van der Waals surface area contributed by atoms with Gasteiger partial charge in [-0.25, -0.2) is 0 Å². The largest absolute Gasteiger partial charge is 0.381 e. The number of likely N-dealkylation sites (N-methyl/N-ethyl adjacent to an activating group) is 1. The van der Waals surface area contributed by atoms with Gasteiger partial charge in [-0.2, -0.15) is 0 Å². The minimum absolute atomic E-state index is 0.141. The lowest BCUT2D eigenvalue weighted by atomic mass is 9.90. The van der Waals surface area contributed by atoms with E-state index in [1.54, 1.807) is 7.05 Å². The highest BCUT2D eigenvalue weighted by atomic mass is 16.5. The van der Waals surface area contributed by atoms with Crippen LogP contribution in [0.5, 0.6) is 0 Å². The number of nitrogens with one attached hydrogen (secondary N) is 4. The Labute approximate surface area is 312 Å². The summed E-state index contributed by atoms with van der Waals surface area (Å²) in [4.78, 5) is 71.1. The van der Waals surface area contributed by atoms with Gasteiger partial charge in [0.2, 0.25) is 29.5 Å². The molecule has 14 nitrogen and oxygen atoms in total. The van der Waals surface area contributed by atoms with E-state index in [1.807, 2.05) is 20.8 Å². The van der Waals surface area contributed by atoms with Gasteiger partial charge in [-0.3, -0.25) is 24.0 Å². The molecule has 0 aromatic carbocycles. The van der Waals surface area contributed by atoms with Crippen molar-refractivity contribution in [3.8, 4) is 0 Å². The highest BCUT2D eigenvalue weighted by Gasteiger charge is 2.38. The normalized spacial score (nSPS) is 28.5. The second kappa shape index (κ2) is 25.3. The van der Waals surface area contributed by atoms with Crippen LogP contribution in [0.15, 0.2) is 0 Å². The molecule has 8 N–H and O–H groups in total. The van der Waals surface area contributed by atoms with E-state index in [0.29, 0.717) is 38.8 Å². The van der Waals surface area contributed by atoms with Crippen molar-refractivity contribution in [3.63, 3.8) is 0 Å². The van der Waals surface area contributed by atoms with Crippen LogP contribution in [0.4, 0.5) is 0 Å². The van der Waals surface area contributed by atoms with Crippen molar-refractivity contribution in [2.75, 3.05) is 40.0 Å². The lowest BCUT2D eigenvalue weighted by Crippen LogP contribution is -2.61. The first-order valence-corrected chi connectivity index (χ1v) is 20.1. The third-order valence-corrected chi connectivity index (χ3v) is 10.4. The summed E-state index contributed by atoms with van der Waals surface area (Å²) in [6, 6.07) is -4.32. The van der Waals surface area contributed by atoms with E-state index in [1.165, 1.54) is 4.90 Å². The van der Waals surface area contributed by atoms with E-state index in [4.69, 9.17) is 20.9 Å². The van der Waals surface area contributed by atoms with Crippen molar-refractivity contribution in [2.24, 2.45) is 23.3 Å². The number of carbonyl (C=O) groups excluding carboxylic acids is 5. The fourth-order valence-electron chi connectivity index (χ4n) is 7.12.